The lowest BCUT2D eigenvalue weighted by molar-refractivity contribution is 0.409. The molecule has 0 aliphatic heterocycles. The predicted octanol–water partition coefficient (Wildman–Crippen LogP) is 1.41. The Morgan fingerprint density at radius 2 is 1.08 bits per heavy atom. The third-order valence-corrected chi connectivity index (χ3v) is 0.988. The van der Waals surface area contributed by atoms with Crippen molar-refractivity contribution in [3.05, 3.63) is 35.4 Å². The van der Waals surface area contributed by atoms with Gasteiger partial charge >= 0.3 is 0 Å². The van der Waals surface area contributed by atoms with Gasteiger partial charge in [0.1, 0.15) is 0 Å². The van der Waals surface area contributed by atoms with Crippen molar-refractivity contribution >= 4 is 21.0 Å². The fraction of sp³-hybridized carbons (Fsp3) is 0. The van der Waals surface area contributed by atoms with Crippen LogP contribution in [0.15, 0.2) is 12.1 Å². The highest BCUT2D eigenvalue weighted by Gasteiger charge is 2.11. The Morgan fingerprint density at radius 1 is 0.846 bits per heavy atom. The zero-order chi connectivity index (χ0) is 10.4. The van der Waals surface area contributed by atoms with E-state index in [2.05, 4.69) is 25.1 Å². The molecule has 0 atom stereocenters. The normalized spacial score (nSPS) is 9.08. The SMILES string of the molecule is Fc1ccc(F)c(F)c1F.[Si]O[Si]. The Labute approximate surface area is 78.8 Å². The van der Waals surface area contributed by atoms with Gasteiger partial charge in [-0.15, -0.1) is 0 Å². The summed E-state index contributed by atoms with van der Waals surface area (Å²) in [7, 11) is 5.19. The molecule has 68 valence electrons. The summed E-state index contributed by atoms with van der Waals surface area (Å²) in [5.74, 6) is -6.34. The van der Waals surface area contributed by atoms with Crippen LogP contribution in [0.3, 0.4) is 0 Å². The molecule has 0 saturated heterocycles. The fourth-order valence-electron chi connectivity index (χ4n) is 0.502. The Hall–Kier alpha value is -0.666. The van der Waals surface area contributed by atoms with Gasteiger partial charge in [0, 0.05) is 0 Å². The summed E-state index contributed by atoms with van der Waals surface area (Å²) >= 11 is 0. The third-order valence-electron chi connectivity index (χ3n) is 0.988. The predicted molar refractivity (Wildman–Crippen MR) is 38.9 cm³/mol. The molecule has 0 aromatic heterocycles. The van der Waals surface area contributed by atoms with Gasteiger partial charge in [0.15, 0.2) is 23.3 Å². The van der Waals surface area contributed by atoms with Crippen LogP contribution < -0.4 is 0 Å². The quantitative estimate of drug-likeness (QED) is 0.279. The van der Waals surface area contributed by atoms with Gasteiger partial charge in [-0.3, -0.25) is 0 Å². The largest absolute Gasteiger partial charge is 0.458 e. The number of hydrogen-bond acceptors (Lipinski definition) is 1. The minimum atomic E-state index is -1.78. The molecule has 0 saturated carbocycles. The molecule has 0 aliphatic carbocycles. The van der Waals surface area contributed by atoms with E-state index < -0.39 is 23.3 Å². The van der Waals surface area contributed by atoms with Gasteiger partial charge in [-0.05, 0) is 12.1 Å². The Balaban J connectivity index is 0.000000424. The fourth-order valence-corrected chi connectivity index (χ4v) is 0.502. The van der Waals surface area contributed by atoms with E-state index in [0.29, 0.717) is 12.1 Å². The average Bonchev–Trinajstić information content (AvgIpc) is 2.10. The van der Waals surface area contributed by atoms with Crippen molar-refractivity contribution in [1.29, 1.82) is 0 Å². The van der Waals surface area contributed by atoms with E-state index in [9.17, 15) is 17.6 Å². The van der Waals surface area contributed by atoms with E-state index in [0.717, 1.165) is 0 Å². The first-order valence-electron chi connectivity index (χ1n) is 2.82. The lowest BCUT2D eigenvalue weighted by Crippen LogP contribution is -1.93. The average molecular weight is 222 g/mol. The van der Waals surface area contributed by atoms with Crippen molar-refractivity contribution in [2.45, 2.75) is 0 Å². The van der Waals surface area contributed by atoms with Crippen molar-refractivity contribution in [3.63, 3.8) is 0 Å². The molecule has 6 radical (unpaired) electrons. The maximum atomic E-state index is 12.0. The highest BCUT2D eigenvalue weighted by molar-refractivity contribution is 6.15. The Kier molecular flexibility index (Phi) is 5.59. The Bertz CT molecular complexity index is 255. The summed E-state index contributed by atoms with van der Waals surface area (Å²) in [6.45, 7) is 0. The van der Waals surface area contributed by atoms with Gasteiger partial charge < -0.3 is 4.12 Å². The van der Waals surface area contributed by atoms with Gasteiger partial charge in [0.05, 0.1) is 0 Å². The molecule has 0 bridgehead atoms. The molecule has 0 aliphatic rings. The first kappa shape index (κ1) is 12.3. The summed E-state index contributed by atoms with van der Waals surface area (Å²) in [4.78, 5) is 0. The highest BCUT2D eigenvalue weighted by atomic mass is 28.3. The number of halogens is 4. The molecular formula is C6H2F4OSi2. The first-order valence-corrected chi connectivity index (χ1v) is 3.64. The summed E-state index contributed by atoms with van der Waals surface area (Å²) < 4.78 is 51.8. The highest BCUT2D eigenvalue weighted by Crippen LogP contribution is 2.12. The molecule has 7 heteroatoms. The summed E-state index contributed by atoms with van der Waals surface area (Å²) in [6.07, 6.45) is 0. The van der Waals surface area contributed by atoms with Gasteiger partial charge in [-0.25, -0.2) is 17.6 Å². The molecule has 0 heterocycles. The number of hydrogen-bond donors (Lipinski definition) is 0. The molecule has 13 heavy (non-hydrogen) atoms. The van der Waals surface area contributed by atoms with E-state index in [1.165, 1.54) is 0 Å². The van der Waals surface area contributed by atoms with Crippen molar-refractivity contribution in [3.8, 4) is 0 Å². The molecule has 0 spiro atoms. The van der Waals surface area contributed by atoms with Gasteiger partial charge in [0.2, 0.25) is 21.0 Å². The van der Waals surface area contributed by atoms with E-state index in [-0.39, 0.29) is 0 Å². The lowest BCUT2D eigenvalue weighted by Gasteiger charge is -1.93. The van der Waals surface area contributed by atoms with E-state index in [1.54, 1.807) is 0 Å². The number of benzene rings is 1. The maximum Gasteiger partial charge on any atom is 0.229 e. The van der Waals surface area contributed by atoms with Crippen LogP contribution >= 0.6 is 0 Å². The monoisotopic (exact) mass is 222 g/mol. The van der Waals surface area contributed by atoms with Crippen LogP contribution in [0.4, 0.5) is 17.6 Å². The molecule has 1 aromatic carbocycles. The summed E-state index contributed by atoms with van der Waals surface area (Å²) in [5.41, 5.74) is 0. The maximum absolute atomic E-state index is 12.0. The molecule has 1 aromatic rings. The zero-order valence-corrected chi connectivity index (χ0v) is 8.07. The minimum Gasteiger partial charge on any atom is -0.458 e. The molecule has 1 nitrogen and oxygen atoms in total. The van der Waals surface area contributed by atoms with Crippen LogP contribution in [0.25, 0.3) is 0 Å². The van der Waals surface area contributed by atoms with Gasteiger partial charge in [-0.2, -0.15) is 0 Å². The van der Waals surface area contributed by atoms with Crippen molar-refractivity contribution < 1.29 is 21.7 Å². The smallest absolute Gasteiger partial charge is 0.229 e. The molecule has 0 N–H and O–H groups in total. The zero-order valence-electron chi connectivity index (χ0n) is 6.07. The summed E-state index contributed by atoms with van der Waals surface area (Å²) in [5, 5.41) is 0. The molecule has 0 amide bonds. The summed E-state index contributed by atoms with van der Waals surface area (Å²) in [6, 6.07) is 1.04. The van der Waals surface area contributed by atoms with Crippen LogP contribution in [0.2, 0.25) is 0 Å². The van der Waals surface area contributed by atoms with Gasteiger partial charge in [0.25, 0.3) is 0 Å². The van der Waals surface area contributed by atoms with Crippen molar-refractivity contribution in [2.75, 3.05) is 0 Å². The molecular weight excluding hydrogens is 220 g/mol. The second-order valence-corrected chi connectivity index (χ2v) is 2.58. The van der Waals surface area contributed by atoms with Crippen LogP contribution in [-0.4, -0.2) is 21.0 Å². The lowest BCUT2D eigenvalue weighted by atomic mass is 10.3. The van der Waals surface area contributed by atoms with Gasteiger partial charge in [-0.1, -0.05) is 0 Å². The Morgan fingerprint density at radius 3 is 1.31 bits per heavy atom. The minimum absolute atomic E-state index is 0.522. The van der Waals surface area contributed by atoms with Crippen LogP contribution in [0.1, 0.15) is 0 Å². The standard InChI is InChI=1S/C6H2F4.OSi2/c7-3-1-2-4(8)6(10)5(3)9;2-1-3/h1-2H;. The van der Waals surface area contributed by atoms with E-state index in [4.69, 9.17) is 0 Å². The van der Waals surface area contributed by atoms with E-state index >= 15 is 0 Å². The molecule has 0 unspecified atom stereocenters. The van der Waals surface area contributed by atoms with Crippen molar-refractivity contribution in [1.82, 2.24) is 0 Å². The van der Waals surface area contributed by atoms with Crippen LogP contribution in [-0.2, 0) is 4.12 Å². The number of rotatable bonds is 0. The topological polar surface area (TPSA) is 9.23 Å². The second kappa shape index (κ2) is 5.89. The first-order chi connectivity index (χ1) is 6.04. The van der Waals surface area contributed by atoms with Crippen LogP contribution in [0, 0.1) is 23.3 Å². The molecule has 1 rings (SSSR count). The third kappa shape index (κ3) is 3.70. The van der Waals surface area contributed by atoms with Crippen LogP contribution in [0.5, 0.6) is 0 Å². The van der Waals surface area contributed by atoms with E-state index in [1.807, 2.05) is 0 Å². The molecule has 0 fully saturated rings. The second-order valence-electron chi connectivity index (χ2n) is 1.76. The van der Waals surface area contributed by atoms with Crippen molar-refractivity contribution in [2.24, 2.45) is 0 Å².